The van der Waals surface area contributed by atoms with E-state index in [1.54, 1.807) is 0 Å². The summed E-state index contributed by atoms with van der Waals surface area (Å²) >= 11 is 4.90. The van der Waals surface area contributed by atoms with Crippen molar-refractivity contribution in [2.75, 3.05) is 5.32 Å². The highest BCUT2D eigenvalue weighted by atomic mass is 79.9. The maximum Gasteiger partial charge on any atom is 0.232 e. The lowest BCUT2D eigenvalue weighted by atomic mass is 9.49. The fourth-order valence-corrected chi connectivity index (χ4v) is 6.61. The molecule has 4 bridgehead atoms. The second-order valence-electron chi connectivity index (χ2n) is 8.07. The number of carbonyl (C=O) groups is 1. The molecule has 4 saturated carbocycles. The SMILES string of the molecule is O=C(Nc1nnc(-c2ccc(Br)cc2)s1)C12CC3CC(CC(C3)C1)C2. The van der Waals surface area contributed by atoms with Crippen molar-refractivity contribution in [1.82, 2.24) is 10.2 Å². The number of rotatable bonds is 3. The molecular formula is C19H20BrN3OS. The van der Waals surface area contributed by atoms with Gasteiger partial charge in [-0.25, -0.2) is 0 Å². The lowest BCUT2D eigenvalue weighted by Crippen LogP contribution is -2.51. The summed E-state index contributed by atoms with van der Waals surface area (Å²) in [5, 5.41) is 13.0. The summed E-state index contributed by atoms with van der Waals surface area (Å²) < 4.78 is 1.04. The summed E-state index contributed by atoms with van der Waals surface area (Å²) in [5.74, 6) is 2.49. The van der Waals surface area contributed by atoms with E-state index in [2.05, 4.69) is 31.4 Å². The number of benzene rings is 1. The molecular weight excluding hydrogens is 398 g/mol. The standard InChI is InChI=1S/C19H20BrN3OS/c20-15-3-1-14(2-4-15)16-22-23-18(25-16)21-17(24)19-8-11-5-12(9-19)7-13(6-11)10-19/h1-4,11-13H,5-10H2,(H,21,23,24). The molecule has 0 atom stereocenters. The molecule has 1 N–H and O–H groups in total. The van der Waals surface area contributed by atoms with Gasteiger partial charge in [-0.15, -0.1) is 10.2 Å². The van der Waals surface area contributed by atoms with E-state index in [1.165, 1.54) is 30.6 Å². The topological polar surface area (TPSA) is 54.9 Å². The molecule has 4 aliphatic rings. The van der Waals surface area contributed by atoms with E-state index < -0.39 is 0 Å². The van der Waals surface area contributed by atoms with E-state index in [9.17, 15) is 4.79 Å². The van der Waals surface area contributed by atoms with Crippen LogP contribution in [-0.4, -0.2) is 16.1 Å². The summed E-state index contributed by atoms with van der Waals surface area (Å²) in [4.78, 5) is 13.1. The zero-order valence-electron chi connectivity index (χ0n) is 13.9. The number of hydrogen-bond acceptors (Lipinski definition) is 4. The van der Waals surface area contributed by atoms with Crippen molar-refractivity contribution in [3.05, 3.63) is 28.7 Å². The zero-order valence-corrected chi connectivity index (χ0v) is 16.3. The average molecular weight is 418 g/mol. The summed E-state index contributed by atoms with van der Waals surface area (Å²) in [5.41, 5.74) is 0.883. The Hall–Kier alpha value is -1.27. The van der Waals surface area contributed by atoms with Crippen LogP contribution in [0.1, 0.15) is 38.5 Å². The van der Waals surface area contributed by atoms with Gasteiger partial charge in [-0.1, -0.05) is 39.4 Å². The van der Waals surface area contributed by atoms with Crippen molar-refractivity contribution in [2.45, 2.75) is 38.5 Å². The Balaban J connectivity index is 1.34. The van der Waals surface area contributed by atoms with E-state index in [0.29, 0.717) is 5.13 Å². The predicted molar refractivity (Wildman–Crippen MR) is 102 cm³/mol. The quantitative estimate of drug-likeness (QED) is 0.753. The molecule has 0 saturated heterocycles. The lowest BCUT2D eigenvalue weighted by molar-refractivity contribution is -0.140. The monoisotopic (exact) mass is 417 g/mol. The van der Waals surface area contributed by atoms with Crippen LogP contribution in [0.15, 0.2) is 28.7 Å². The van der Waals surface area contributed by atoms with Gasteiger partial charge < -0.3 is 5.32 Å². The first-order chi connectivity index (χ1) is 12.1. The molecule has 1 amide bonds. The van der Waals surface area contributed by atoms with Crippen molar-refractivity contribution < 1.29 is 4.79 Å². The molecule has 6 heteroatoms. The Morgan fingerprint density at radius 3 is 2.24 bits per heavy atom. The number of aromatic nitrogens is 2. The van der Waals surface area contributed by atoms with Crippen molar-refractivity contribution in [2.24, 2.45) is 23.2 Å². The normalized spacial score (nSPS) is 32.8. The molecule has 4 nitrogen and oxygen atoms in total. The molecule has 1 aromatic carbocycles. The van der Waals surface area contributed by atoms with Gasteiger partial charge in [0, 0.05) is 10.0 Å². The van der Waals surface area contributed by atoms with Gasteiger partial charge >= 0.3 is 0 Å². The van der Waals surface area contributed by atoms with Crippen LogP contribution in [0.25, 0.3) is 10.6 Å². The van der Waals surface area contributed by atoms with Crippen molar-refractivity contribution in [1.29, 1.82) is 0 Å². The first kappa shape index (κ1) is 15.9. The number of nitrogens with one attached hydrogen (secondary N) is 1. The maximum absolute atomic E-state index is 13.1. The van der Waals surface area contributed by atoms with Crippen LogP contribution in [0.2, 0.25) is 0 Å². The number of carbonyl (C=O) groups excluding carboxylic acids is 1. The van der Waals surface area contributed by atoms with Crippen LogP contribution in [0.3, 0.4) is 0 Å². The third kappa shape index (κ3) is 2.83. The minimum atomic E-state index is -0.141. The van der Waals surface area contributed by atoms with Gasteiger partial charge in [0.2, 0.25) is 11.0 Å². The highest BCUT2D eigenvalue weighted by Gasteiger charge is 2.54. The number of amides is 1. The van der Waals surface area contributed by atoms with E-state index in [-0.39, 0.29) is 11.3 Å². The average Bonchev–Trinajstić information content (AvgIpc) is 3.03. The summed E-state index contributed by atoms with van der Waals surface area (Å²) in [6.07, 6.45) is 7.26. The molecule has 1 aromatic heterocycles. The number of anilines is 1. The predicted octanol–water partition coefficient (Wildman–Crippen LogP) is 5.12. The zero-order chi connectivity index (χ0) is 17.0. The molecule has 4 aliphatic carbocycles. The molecule has 6 rings (SSSR count). The fraction of sp³-hybridized carbons (Fsp3) is 0.526. The fourth-order valence-electron chi connectivity index (χ4n) is 5.60. The van der Waals surface area contributed by atoms with Gasteiger partial charge in [0.05, 0.1) is 5.41 Å². The minimum Gasteiger partial charge on any atom is -0.300 e. The van der Waals surface area contributed by atoms with Crippen molar-refractivity contribution in [3.63, 3.8) is 0 Å². The summed E-state index contributed by atoms with van der Waals surface area (Å²) in [7, 11) is 0. The second kappa shape index (κ2) is 5.88. The third-order valence-electron chi connectivity index (χ3n) is 6.26. The molecule has 25 heavy (non-hydrogen) atoms. The minimum absolute atomic E-state index is 0.141. The summed E-state index contributed by atoms with van der Waals surface area (Å²) in [6, 6.07) is 8.00. The lowest BCUT2D eigenvalue weighted by Gasteiger charge is -2.55. The van der Waals surface area contributed by atoms with Gasteiger partial charge in [-0.2, -0.15) is 0 Å². The molecule has 2 aromatic rings. The van der Waals surface area contributed by atoms with Crippen molar-refractivity contribution >= 4 is 38.3 Å². The largest absolute Gasteiger partial charge is 0.300 e. The van der Waals surface area contributed by atoms with E-state index in [0.717, 1.165) is 52.1 Å². The Bertz CT molecular complexity index is 781. The maximum atomic E-state index is 13.1. The van der Waals surface area contributed by atoms with Crippen LogP contribution >= 0.6 is 27.3 Å². The first-order valence-corrected chi connectivity index (χ1v) is 10.6. The van der Waals surface area contributed by atoms with Gasteiger partial charge in [0.15, 0.2) is 0 Å². The second-order valence-corrected chi connectivity index (χ2v) is 9.96. The summed E-state index contributed by atoms with van der Waals surface area (Å²) in [6.45, 7) is 0. The van der Waals surface area contributed by atoms with Crippen LogP contribution in [0.5, 0.6) is 0 Å². The number of halogens is 1. The molecule has 0 radical (unpaired) electrons. The first-order valence-electron chi connectivity index (χ1n) is 9.00. The van der Waals surface area contributed by atoms with Crippen molar-refractivity contribution in [3.8, 4) is 10.6 Å². The Kier molecular flexibility index (Phi) is 3.75. The van der Waals surface area contributed by atoms with Crippen LogP contribution in [-0.2, 0) is 4.79 Å². The number of nitrogens with zero attached hydrogens (tertiary/aromatic N) is 2. The Labute approximate surface area is 159 Å². The van der Waals surface area contributed by atoms with Gasteiger partial charge in [-0.3, -0.25) is 4.79 Å². The van der Waals surface area contributed by atoms with Crippen LogP contribution in [0.4, 0.5) is 5.13 Å². The highest BCUT2D eigenvalue weighted by molar-refractivity contribution is 9.10. The molecule has 1 heterocycles. The molecule has 0 unspecified atom stereocenters. The third-order valence-corrected chi connectivity index (χ3v) is 7.67. The van der Waals surface area contributed by atoms with Crippen LogP contribution < -0.4 is 5.32 Å². The molecule has 130 valence electrons. The van der Waals surface area contributed by atoms with Gasteiger partial charge in [0.25, 0.3) is 0 Å². The smallest absolute Gasteiger partial charge is 0.232 e. The van der Waals surface area contributed by atoms with Gasteiger partial charge in [0.1, 0.15) is 5.01 Å². The number of hydrogen-bond donors (Lipinski definition) is 1. The molecule has 0 aliphatic heterocycles. The van der Waals surface area contributed by atoms with Gasteiger partial charge in [-0.05, 0) is 68.4 Å². The molecule has 0 spiro atoms. The van der Waals surface area contributed by atoms with Crippen LogP contribution in [0, 0.1) is 23.2 Å². The Morgan fingerprint density at radius 1 is 1.04 bits per heavy atom. The molecule has 4 fully saturated rings. The van der Waals surface area contributed by atoms with E-state index in [1.807, 2.05) is 24.3 Å². The van der Waals surface area contributed by atoms with E-state index in [4.69, 9.17) is 0 Å². The van der Waals surface area contributed by atoms with E-state index >= 15 is 0 Å². The Morgan fingerprint density at radius 2 is 1.64 bits per heavy atom. The highest BCUT2D eigenvalue weighted by Crippen LogP contribution is 2.60.